The highest BCUT2D eigenvalue weighted by molar-refractivity contribution is 5.77. The van der Waals surface area contributed by atoms with Crippen molar-refractivity contribution in [2.45, 2.75) is 104 Å². The van der Waals surface area contributed by atoms with E-state index < -0.39 is 0 Å². The minimum Gasteiger partial charge on any atom is -0.311 e. The highest BCUT2D eigenvalue weighted by Gasteiger charge is 2.24. The number of hydrogen-bond donors (Lipinski definition) is 0. The van der Waals surface area contributed by atoms with E-state index >= 15 is 0 Å². The van der Waals surface area contributed by atoms with Gasteiger partial charge in [0.15, 0.2) is 0 Å². The topological polar surface area (TPSA) is 3.24 Å². The van der Waals surface area contributed by atoms with E-state index in [-0.39, 0.29) is 10.8 Å². The highest BCUT2D eigenvalue weighted by atomic mass is 15.1. The van der Waals surface area contributed by atoms with Crippen molar-refractivity contribution in [1.82, 2.24) is 0 Å². The third kappa shape index (κ3) is 6.00. The van der Waals surface area contributed by atoms with Crippen LogP contribution in [0, 0.1) is 0 Å². The molecule has 0 spiro atoms. The summed E-state index contributed by atoms with van der Waals surface area (Å²) < 4.78 is 0. The van der Waals surface area contributed by atoms with Crippen molar-refractivity contribution < 1.29 is 0 Å². The highest BCUT2D eigenvalue weighted by Crippen LogP contribution is 2.39. The van der Waals surface area contributed by atoms with Crippen molar-refractivity contribution in [3.63, 3.8) is 0 Å². The minimum atomic E-state index is 0.187. The van der Waals surface area contributed by atoms with Gasteiger partial charge in [-0.1, -0.05) is 98.2 Å². The van der Waals surface area contributed by atoms with Gasteiger partial charge in [-0.05, 0) is 95.5 Å². The molecule has 0 saturated carbocycles. The van der Waals surface area contributed by atoms with Crippen LogP contribution < -0.4 is 4.90 Å². The number of anilines is 3. The van der Waals surface area contributed by atoms with Gasteiger partial charge in [0.25, 0.3) is 0 Å². The monoisotopic (exact) mass is 469 g/mol. The third-order valence-corrected chi connectivity index (χ3v) is 8.53. The van der Waals surface area contributed by atoms with Crippen molar-refractivity contribution >= 4 is 17.1 Å². The summed E-state index contributed by atoms with van der Waals surface area (Å²) in [5, 5.41) is 0. The molecule has 3 rings (SSSR count). The van der Waals surface area contributed by atoms with Crippen molar-refractivity contribution in [3.8, 4) is 0 Å². The third-order valence-electron chi connectivity index (χ3n) is 8.53. The zero-order valence-corrected chi connectivity index (χ0v) is 23.5. The Balaban J connectivity index is 2.05. The van der Waals surface area contributed by atoms with Gasteiger partial charge in [-0.3, -0.25) is 0 Å². The summed E-state index contributed by atoms with van der Waals surface area (Å²) >= 11 is 0. The molecule has 0 saturated heterocycles. The lowest BCUT2D eigenvalue weighted by Gasteiger charge is -2.31. The predicted octanol–water partition coefficient (Wildman–Crippen LogP) is 10.8. The van der Waals surface area contributed by atoms with Crippen LogP contribution in [-0.4, -0.2) is 0 Å². The first kappa shape index (κ1) is 27.1. The fraction of sp³-hybridized carbons (Fsp3) is 0.471. The summed E-state index contributed by atoms with van der Waals surface area (Å²) in [7, 11) is 0. The first-order chi connectivity index (χ1) is 16.7. The molecule has 3 aromatic carbocycles. The number of hydrogen-bond acceptors (Lipinski definition) is 1. The lowest BCUT2D eigenvalue weighted by molar-refractivity contribution is 0.414. The maximum atomic E-state index is 2.41. The molecule has 1 nitrogen and oxygen atoms in total. The van der Waals surface area contributed by atoms with Crippen LogP contribution in [0.4, 0.5) is 17.1 Å². The number of rotatable bonds is 11. The molecule has 0 heterocycles. The molecule has 1 heteroatoms. The largest absolute Gasteiger partial charge is 0.311 e. The standard InChI is InChI=1S/C34H47N/c1-9-25-34(8,12-4)29-17-23-32(24-18-29)35(30-19-13-27(14-20-30)26(5)10-2)31-21-15-28(16-22-31)33(6,7)11-3/h13-24,26H,9-12,25H2,1-8H3. The van der Waals surface area contributed by atoms with E-state index in [1.165, 1.54) is 46.6 Å². The van der Waals surface area contributed by atoms with Gasteiger partial charge in [0.2, 0.25) is 0 Å². The van der Waals surface area contributed by atoms with Crippen LogP contribution in [-0.2, 0) is 10.8 Å². The second-order valence-electron chi connectivity index (χ2n) is 11.2. The van der Waals surface area contributed by atoms with Crippen LogP contribution in [0.15, 0.2) is 72.8 Å². The quantitative estimate of drug-likeness (QED) is 0.270. The molecule has 0 aliphatic rings. The molecule has 0 aromatic heterocycles. The molecule has 0 fully saturated rings. The molecule has 3 aromatic rings. The van der Waals surface area contributed by atoms with Crippen molar-refractivity contribution in [3.05, 3.63) is 89.5 Å². The van der Waals surface area contributed by atoms with Crippen LogP contribution in [0.3, 0.4) is 0 Å². The predicted molar refractivity (Wildman–Crippen MR) is 156 cm³/mol. The Kier molecular flexibility index (Phi) is 8.86. The lowest BCUT2D eigenvalue weighted by atomic mass is 9.76. The molecular formula is C34H47N. The molecule has 0 N–H and O–H groups in total. The molecule has 0 radical (unpaired) electrons. The van der Waals surface area contributed by atoms with Gasteiger partial charge in [-0.25, -0.2) is 0 Å². The summed E-state index contributed by atoms with van der Waals surface area (Å²) in [6.07, 6.45) is 5.88. The fourth-order valence-corrected chi connectivity index (χ4v) is 4.99. The van der Waals surface area contributed by atoms with Gasteiger partial charge in [0.05, 0.1) is 0 Å². The van der Waals surface area contributed by atoms with Gasteiger partial charge < -0.3 is 4.90 Å². The van der Waals surface area contributed by atoms with Gasteiger partial charge in [-0.15, -0.1) is 0 Å². The maximum absolute atomic E-state index is 2.41. The molecule has 188 valence electrons. The molecular weight excluding hydrogens is 422 g/mol. The first-order valence-electron chi connectivity index (χ1n) is 13.8. The van der Waals surface area contributed by atoms with E-state index in [4.69, 9.17) is 0 Å². The maximum Gasteiger partial charge on any atom is 0.0461 e. The summed E-state index contributed by atoms with van der Waals surface area (Å²) in [6, 6.07) is 27.7. The van der Waals surface area contributed by atoms with E-state index in [0.29, 0.717) is 5.92 Å². The first-order valence-corrected chi connectivity index (χ1v) is 13.8. The average molecular weight is 470 g/mol. The zero-order valence-electron chi connectivity index (χ0n) is 23.5. The second kappa shape index (κ2) is 11.5. The van der Waals surface area contributed by atoms with Crippen LogP contribution in [0.25, 0.3) is 0 Å². The van der Waals surface area contributed by atoms with E-state index in [1.54, 1.807) is 0 Å². The zero-order chi connectivity index (χ0) is 25.6. The van der Waals surface area contributed by atoms with E-state index in [2.05, 4.69) is 133 Å². The van der Waals surface area contributed by atoms with Crippen LogP contribution in [0.2, 0.25) is 0 Å². The summed E-state index contributed by atoms with van der Waals surface area (Å²) in [4.78, 5) is 2.40. The summed E-state index contributed by atoms with van der Waals surface area (Å²) in [6.45, 7) is 18.5. The minimum absolute atomic E-state index is 0.187. The van der Waals surface area contributed by atoms with E-state index in [1.807, 2.05) is 0 Å². The number of nitrogens with zero attached hydrogens (tertiary/aromatic N) is 1. The molecule has 0 amide bonds. The Bertz CT molecular complexity index is 1040. The Morgan fingerprint density at radius 2 is 1.09 bits per heavy atom. The molecule has 2 atom stereocenters. The Hall–Kier alpha value is -2.54. The second-order valence-corrected chi connectivity index (χ2v) is 11.2. The average Bonchev–Trinajstić information content (AvgIpc) is 2.89. The van der Waals surface area contributed by atoms with Gasteiger partial charge >= 0.3 is 0 Å². The lowest BCUT2D eigenvalue weighted by Crippen LogP contribution is -2.20. The summed E-state index contributed by atoms with van der Waals surface area (Å²) in [5.74, 6) is 0.581. The van der Waals surface area contributed by atoms with Crippen LogP contribution >= 0.6 is 0 Å². The Morgan fingerprint density at radius 1 is 0.629 bits per heavy atom. The summed E-state index contributed by atoms with van der Waals surface area (Å²) in [5.41, 5.74) is 8.29. The molecule has 35 heavy (non-hydrogen) atoms. The van der Waals surface area contributed by atoms with Crippen LogP contribution in [0.1, 0.15) is 110 Å². The molecule has 0 bridgehead atoms. The molecule has 2 unspecified atom stereocenters. The van der Waals surface area contributed by atoms with E-state index in [0.717, 1.165) is 19.3 Å². The molecule has 0 aliphatic heterocycles. The molecule has 0 aliphatic carbocycles. The van der Waals surface area contributed by atoms with Gasteiger partial charge in [0.1, 0.15) is 0 Å². The Morgan fingerprint density at radius 3 is 1.49 bits per heavy atom. The van der Waals surface area contributed by atoms with E-state index in [9.17, 15) is 0 Å². The normalized spacial score (nSPS) is 14.4. The SMILES string of the molecule is CCCC(C)(CC)c1ccc(N(c2ccc(C(C)CC)cc2)c2ccc(C(C)(C)CC)cc2)cc1. The van der Waals surface area contributed by atoms with Crippen molar-refractivity contribution in [2.24, 2.45) is 0 Å². The fourth-order valence-electron chi connectivity index (χ4n) is 4.99. The smallest absolute Gasteiger partial charge is 0.0461 e. The van der Waals surface area contributed by atoms with Gasteiger partial charge in [-0.2, -0.15) is 0 Å². The van der Waals surface area contributed by atoms with Crippen molar-refractivity contribution in [1.29, 1.82) is 0 Å². The van der Waals surface area contributed by atoms with Crippen molar-refractivity contribution in [2.75, 3.05) is 4.90 Å². The van der Waals surface area contributed by atoms with Gasteiger partial charge in [0, 0.05) is 17.1 Å². The Labute approximate surface area is 215 Å². The number of benzene rings is 3. The van der Waals surface area contributed by atoms with Crippen LogP contribution in [0.5, 0.6) is 0 Å².